The third-order valence-corrected chi connectivity index (χ3v) is 5.05. The third kappa shape index (κ3) is 6.31. The first-order chi connectivity index (χ1) is 13.8. The number of anilines is 1. The first kappa shape index (κ1) is 21.3. The molecule has 0 radical (unpaired) electrons. The van der Waals surface area contributed by atoms with E-state index in [0.29, 0.717) is 0 Å². The van der Waals surface area contributed by atoms with Gasteiger partial charge >= 0.3 is 0 Å². The van der Waals surface area contributed by atoms with Crippen molar-refractivity contribution in [2.45, 2.75) is 39.7 Å². The van der Waals surface area contributed by atoms with Crippen molar-refractivity contribution in [2.24, 2.45) is 0 Å². The van der Waals surface area contributed by atoms with Crippen molar-refractivity contribution in [1.29, 1.82) is 0 Å². The van der Waals surface area contributed by atoms with E-state index in [9.17, 15) is 4.79 Å². The van der Waals surface area contributed by atoms with E-state index in [4.69, 9.17) is 9.47 Å². The zero-order valence-corrected chi connectivity index (χ0v) is 18.0. The van der Waals surface area contributed by atoms with E-state index < -0.39 is 0 Å². The van der Waals surface area contributed by atoms with E-state index in [-0.39, 0.29) is 17.9 Å². The molecule has 0 aliphatic carbocycles. The molecule has 0 aromatic heterocycles. The second-order valence-corrected chi connectivity index (χ2v) is 8.67. The van der Waals surface area contributed by atoms with Gasteiger partial charge in [0.2, 0.25) is 0 Å². The zero-order valence-electron chi connectivity index (χ0n) is 18.0. The van der Waals surface area contributed by atoms with Gasteiger partial charge in [-0.3, -0.25) is 9.69 Å². The molecule has 1 heterocycles. The molecule has 1 amide bonds. The average Bonchev–Trinajstić information content (AvgIpc) is 2.68. The highest BCUT2D eigenvalue weighted by Crippen LogP contribution is 2.32. The minimum absolute atomic E-state index is 0.0122. The van der Waals surface area contributed by atoms with Crippen LogP contribution in [0.4, 0.5) is 5.69 Å². The SMILES string of the molecule is Cc1ccc(OCC(=O)Nc2ccc(CN3CCOCC3)cc2)c(C(C)(C)C)c1. The molecule has 1 saturated heterocycles. The Kier molecular flexibility index (Phi) is 6.93. The number of nitrogens with zero attached hydrogens (tertiary/aromatic N) is 1. The summed E-state index contributed by atoms with van der Waals surface area (Å²) < 4.78 is 11.2. The highest BCUT2D eigenvalue weighted by Gasteiger charge is 2.19. The summed E-state index contributed by atoms with van der Waals surface area (Å²) in [6.07, 6.45) is 0. The zero-order chi connectivity index (χ0) is 20.9. The van der Waals surface area contributed by atoms with E-state index in [2.05, 4.69) is 56.1 Å². The Hall–Kier alpha value is -2.37. The van der Waals surface area contributed by atoms with Crippen LogP contribution in [-0.2, 0) is 21.5 Å². The van der Waals surface area contributed by atoms with Gasteiger partial charge in [-0.1, -0.05) is 50.6 Å². The molecule has 0 spiro atoms. The van der Waals surface area contributed by atoms with E-state index in [0.717, 1.165) is 49.8 Å². The Morgan fingerprint density at radius 3 is 2.45 bits per heavy atom. The largest absolute Gasteiger partial charge is 0.483 e. The number of carbonyl (C=O) groups is 1. The lowest BCUT2D eigenvalue weighted by Gasteiger charge is -2.26. The fourth-order valence-electron chi connectivity index (χ4n) is 3.41. The van der Waals surface area contributed by atoms with Crippen LogP contribution in [0.1, 0.15) is 37.5 Å². The Labute approximate surface area is 174 Å². The van der Waals surface area contributed by atoms with Gasteiger partial charge in [-0.2, -0.15) is 0 Å². The van der Waals surface area contributed by atoms with Crippen LogP contribution in [0, 0.1) is 6.92 Å². The number of amides is 1. The molecular weight excluding hydrogens is 364 g/mol. The summed E-state index contributed by atoms with van der Waals surface area (Å²) in [4.78, 5) is 14.7. The van der Waals surface area contributed by atoms with E-state index in [1.165, 1.54) is 11.1 Å². The van der Waals surface area contributed by atoms with Gasteiger partial charge in [-0.25, -0.2) is 0 Å². The second-order valence-electron chi connectivity index (χ2n) is 8.67. The highest BCUT2D eigenvalue weighted by atomic mass is 16.5. The van der Waals surface area contributed by atoms with E-state index in [1.54, 1.807) is 0 Å². The fraction of sp³-hybridized carbons (Fsp3) is 0.458. The van der Waals surface area contributed by atoms with Crippen LogP contribution in [0.3, 0.4) is 0 Å². The minimum atomic E-state index is -0.161. The molecule has 5 heteroatoms. The van der Waals surface area contributed by atoms with Crippen LogP contribution in [-0.4, -0.2) is 43.7 Å². The van der Waals surface area contributed by atoms with Gasteiger partial charge in [0.05, 0.1) is 13.2 Å². The number of ether oxygens (including phenoxy) is 2. The van der Waals surface area contributed by atoms with Crippen molar-refractivity contribution in [3.8, 4) is 5.75 Å². The number of carbonyl (C=O) groups excluding carboxylic acids is 1. The standard InChI is InChI=1S/C24H32N2O3/c1-18-5-10-22(21(15-18)24(2,3)4)29-17-23(27)25-20-8-6-19(7-9-20)16-26-11-13-28-14-12-26/h5-10,15H,11-14,16-17H2,1-4H3,(H,25,27). The molecule has 2 aromatic rings. The van der Waals surface area contributed by atoms with Crippen molar-refractivity contribution in [3.63, 3.8) is 0 Å². The van der Waals surface area contributed by atoms with Gasteiger partial charge in [-0.15, -0.1) is 0 Å². The maximum absolute atomic E-state index is 12.4. The quantitative estimate of drug-likeness (QED) is 0.797. The van der Waals surface area contributed by atoms with Crippen LogP contribution in [0.2, 0.25) is 0 Å². The molecule has 156 valence electrons. The van der Waals surface area contributed by atoms with Crippen LogP contribution in [0.25, 0.3) is 0 Å². The summed E-state index contributed by atoms with van der Waals surface area (Å²) in [6, 6.07) is 14.1. The number of nitrogens with one attached hydrogen (secondary N) is 1. The van der Waals surface area contributed by atoms with Gasteiger partial charge in [0, 0.05) is 25.3 Å². The summed E-state index contributed by atoms with van der Waals surface area (Å²) in [6.45, 7) is 12.9. The molecule has 1 fully saturated rings. The molecule has 2 aromatic carbocycles. The molecule has 3 rings (SSSR count). The van der Waals surface area contributed by atoms with Gasteiger partial charge in [0.1, 0.15) is 5.75 Å². The molecule has 0 bridgehead atoms. The van der Waals surface area contributed by atoms with E-state index >= 15 is 0 Å². The van der Waals surface area contributed by atoms with Gasteiger partial charge in [0.15, 0.2) is 6.61 Å². The summed E-state index contributed by atoms with van der Waals surface area (Å²) in [5, 5.41) is 2.92. The molecule has 1 aliphatic rings. The number of morpholine rings is 1. The lowest BCUT2D eigenvalue weighted by Crippen LogP contribution is -2.35. The smallest absolute Gasteiger partial charge is 0.262 e. The highest BCUT2D eigenvalue weighted by molar-refractivity contribution is 5.91. The maximum atomic E-state index is 12.4. The normalized spacial score (nSPS) is 15.2. The van der Waals surface area contributed by atoms with Crippen molar-refractivity contribution >= 4 is 11.6 Å². The van der Waals surface area contributed by atoms with Crippen LogP contribution < -0.4 is 10.1 Å². The Morgan fingerprint density at radius 1 is 1.10 bits per heavy atom. The van der Waals surface area contributed by atoms with Gasteiger partial charge in [-0.05, 0) is 41.7 Å². The first-order valence-corrected chi connectivity index (χ1v) is 10.2. The monoisotopic (exact) mass is 396 g/mol. The molecule has 0 unspecified atom stereocenters. The number of hydrogen-bond acceptors (Lipinski definition) is 4. The van der Waals surface area contributed by atoms with Crippen molar-refractivity contribution in [3.05, 3.63) is 59.2 Å². The van der Waals surface area contributed by atoms with Crippen LogP contribution in [0.15, 0.2) is 42.5 Å². The number of aryl methyl sites for hydroxylation is 1. The van der Waals surface area contributed by atoms with Crippen LogP contribution in [0.5, 0.6) is 5.75 Å². The fourth-order valence-corrected chi connectivity index (χ4v) is 3.41. The lowest BCUT2D eigenvalue weighted by molar-refractivity contribution is -0.118. The van der Waals surface area contributed by atoms with Crippen molar-refractivity contribution < 1.29 is 14.3 Å². The topological polar surface area (TPSA) is 50.8 Å². The Bertz CT molecular complexity index is 819. The number of hydrogen-bond donors (Lipinski definition) is 1. The first-order valence-electron chi connectivity index (χ1n) is 10.2. The molecule has 1 aliphatic heterocycles. The molecular formula is C24H32N2O3. The predicted molar refractivity (Wildman–Crippen MR) is 117 cm³/mol. The Balaban J connectivity index is 1.53. The average molecular weight is 397 g/mol. The summed E-state index contributed by atoms with van der Waals surface area (Å²) in [5.41, 5.74) is 4.26. The molecule has 5 nitrogen and oxygen atoms in total. The molecule has 1 N–H and O–H groups in total. The lowest BCUT2D eigenvalue weighted by atomic mass is 9.85. The molecule has 0 saturated carbocycles. The summed E-state index contributed by atoms with van der Waals surface area (Å²) in [5.74, 6) is 0.602. The van der Waals surface area contributed by atoms with Crippen LogP contribution >= 0.6 is 0 Å². The predicted octanol–water partition coefficient (Wildman–Crippen LogP) is 4.14. The second kappa shape index (κ2) is 9.42. The van der Waals surface area contributed by atoms with Gasteiger partial charge in [0.25, 0.3) is 5.91 Å². The van der Waals surface area contributed by atoms with Gasteiger partial charge < -0.3 is 14.8 Å². The van der Waals surface area contributed by atoms with E-state index in [1.807, 2.05) is 24.3 Å². The molecule has 0 atom stereocenters. The molecule has 29 heavy (non-hydrogen) atoms. The Morgan fingerprint density at radius 2 is 1.79 bits per heavy atom. The summed E-state index contributed by atoms with van der Waals surface area (Å²) >= 11 is 0. The minimum Gasteiger partial charge on any atom is -0.483 e. The third-order valence-electron chi connectivity index (χ3n) is 5.05. The maximum Gasteiger partial charge on any atom is 0.262 e. The number of rotatable bonds is 6. The van der Waals surface area contributed by atoms with Crippen molar-refractivity contribution in [2.75, 3.05) is 38.2 Å². The number of benzene rings is 2. The van der Waals surface area contributed by atoms with Crippen molar-refractivity contribution in [1.82, 2.24) is 4.90 Å². The summed E-state index contributed by atoms with van der Waals surface area (Å²) in [7, 11) is 0.